The van der Waals surface area contributed by atoms with E-state index in [2.05, 4.69) is 34.4 Å². The molecule has 0 aliphatic heterocycles. The van der Waals surface area contributed by atoms with Gasteiger partial charge in [0.1, 0.15) is 12.4 Å². The Morgan fingerprint density at radius 3 is 2.66 bits per heavy atom. The number of nitro groups is 1. The van der Waals surface area contributed by atoms with Gasteiger partial charge in [-0.1, -0.05) is 37.3 Å². The van der Waals surface area contributed by atoms with E-state index in [1.165, 1.54) is 16.8 Å². The van der Waals surface area contributed by atoms with Crippen molar-refractivity contribution < 1.29 is 14.5 Å². The van der Waals surface area contributed by atoms with Crippen molar-refractivity contribution in [2.45, 2.75) is 20.8 Å². The van der Waals surface area contributed by atoms with Crippen LogP contribution in [-0.4, -0.2) is 57.0 Å². The summed E-state index contributed by atoms with van der Waals surface area (Å²) in [4.78, 5) is 25.7. The van der Waals surface area contributed by atoms with Crippen molar-refractivity contribution in [3.63, 3.8) is 0 Å². The van der Waals surface area contributed by atoms with E-state index < -0.39 is 10.8 Å². The van der Waals surface area contributed by atoms with Crippen LogP contribution in [0.3, 0.4) is 0 Å². The fourth-order valence-electron chi connectivity index (χ4n) is 3.22. The molecule has 0 radical (unpaired) electrons. The molecule has 3 rings (SSSR count). The molecule has 0 unspecified atom stereocenters. The molecule has 0 bridgehead atoms. The molecule has 1 heterocycles. The third-order valence-corrected chi connectivity index (χ3v) is 5.09. The number of benzene rings is 2. The lowest BCUT2D eigenvalue weighted by Crippen LogP contribution is -2.28. The van der Waals surface area contributed by atoms with Gasteiger partial charge >= 0.3 is 0 Å². The summed E-state index contributed by atoms with van der Waals surface area (Å²) in [5.74, 6) is 0.121. The maximum Gasteiger partial charge on any atom is 0.278 e. The number of hydrogen-bond donors (Lipinski definition) is 1. The van der Waals surface area contributed by atoms with Crippen molar-refractivity contribution in [1.29, 1.82) is 0 Å². The molecule has 0 saturated carbocycles. The number of aromatic nitrogens is 3. The topological polar surface area (TPSA) is 115 Å². The number of carbonyl (C=O) groups is 1. The Morgan fingerprint density at radius 1 is 1.19 bits per heavy atom. The normalized spacial score (nSPS) is 10.9. The molecule has 0 aliphatic rings. The van der Waals surface area contributed by atoms with Crippen molar-refractivity contribution in [2.24, 2.45) is 0 Å². The summed E-state index contributed by atoms with van der Waals surface area (Å²) in [6, 6.07) is 13.2. The summed E-state index contributed by atoms with van der Waals surface area (Å²) in [5.41, 5.74) is 1.49. The third-order valence-electron chi connectivity index (χ3n) is 5.09. The van der Waals surface area contributed by atoms with E-state index in [0.717, 1.165) is 19.6 Å². The van der Waals surface area contributed by atoms with Crippen molar-refractivity contribution in [2.75, 3.05) is 31.6 Å². The Hall–Kier alpha value is -3.79. The molecule has 10 nitrogen and oxygen atoms in total. The second kappa shape index (κ2) is 10.5. The minimum atomic E-state index is -0.486. The molecule has 10 heteroatoms. The Bertz CT molecular complexity index is 1090. The number of carbonyl (C=O) groups excluding carboxylic acids is 1. The first-order valence-electron chi connectivity index (χ1n) is 10.4. The molecule has 1 aromatic heterocycles. The van der Waals surface area contributed by atoms with Gasteiger partial charge in [0.05, 0.1) is 22.0 Å². The fraction of sp³-hybridized carbons (Fsp3) is 0.318. The van der Waals surface area contributed by atoms with Crippen LogP contribution < -0.4 is 10.1 Å². The van der Waals surface area contributed by atoms with Gasteiger partial charge in [-0.3, -0.25) is 14.9 Å². The number of anilines is 1. The molecule has 0 fully saturated rings. The van der Waals surface area contributed by atoms with Crippen LogP contribution in [0, 0.1) is 17.0 Å². The predicted octanol–water partition coefficient (Wildman–Crippen LogP) is 3.46. The summed E-state index contributed by atoms with van der Waals surface area (Å²) in [6.07, 6.45) is 0. The number of likely N-dealkylation sites (N-methyl/N-ethyl adjacent to an activating group) is 1. The summed E-state index contributed by atoms with van der Waals surface area (Å²) < 4.78 is 7.28. The maximum atomic E-state index is 12.9. The summed E-state index contributed by atoms with van der Waals surface area (Å²) >= 11 is 0. The summed E-state index contributed by atoms with van der Waals surface area (Å²) in [6.45, 7) is 9.04. The first kappa shape index (κ1) is 22.9. The van der Waals surface area contributed by atoms with E-state index in [0.29, 0.717) is 29.4 Å². The van der Waals surface area contributed by atoms with Crippen molar-refractivity contribution in [1.82, 2.24) is 19.9 Å². The van der Waals surface area contributed by atoms with Gasteiger partial charge in [-0.15, -0.1) is 5.10 Å². The Morgan fingerprint density at radius 2 is 1.94 bits per heavy atom. The average Bonchev–Trinajstić information content (AvgIpc) is 3.19. The van der Waals surface area contributed by atoms with Crippen LogP contribution in [0.5, 0.6) is 5.75 Å². The van der Waals surface area contributed by atoms with Crippen molar-refractivity contribution in [3.05, 3.63) is 70.0 Å². The molecule has 168 valence electrons. The highest BCUT2D eigenvalue weighted by Crippen LogP contribution is 2.25. The Kier molecular flexibility index (Phi) is 7.50. The van der Waals surface area contributed by atoms with E-state index >= 15 is 0 Å². The maximum absolute atomic E-state index is 12.9. The number of nitrogens with one attached hydrogen (secondary N) is 1. The zero-order valence-corrected chi connectivity index (χ0v) is 18.3. The number of non-ortho nitro benzene ring substituents is 1. The third kappa shape index (κ3) is 5.27. The number of nitrogens with zero attached hydrogens (tertiary/aromatic N) is 5. The van der Waals surface area contributed by atoms with Crippen LogP contribution in [0.15, 0.2) is 48.5 Å². The molecule has 0 atom stereocenters. The highest BCUT2D eigenvalue weighted by atomic mass is 16.6. The number of amides is 1. The van der Waals surface area contributed by atoms with E-state index in [9.17, 15) is 14.9 Å². The molecule has 0 aliphatic carbocycles. The first-order valence-corrected chi connectivity index (χ1v) is 10.4. The first-order chi connectivity index (χ1) is 15.4. The number of rotatable bonds is 10. The average molecular weight is 438 g/mol. The SMILES string of the molecule is CCN(CC)CCOc1ccccc1NC(=O)c1nnn(-c2cccc([N+](=O)[O-])c2)c1C. The van der Waals surface area contributed by atoms with E-state index in [1.54, 1.807) is 37.3 Å². The molecule has 1 amide bonds. The van der Waals surface area contributed by atoms with Crippen LogP contribution in [-0.2, 0) is 0 Å². The van der Waals surface area contributed by atoms with Gasteiger partial charge in [0.15, 0.2) is 5.69 Å². The fourth-order valence-corrected chi connectivity index (χ4v) is 3.22. The number of para-hydroxylation sites is 2. The molecular formula is C22H26N6O4. The molecule has 3 aromatic rings. The Labute approximate surface area is 185 Å². The second-order valence-electron chi connectivity index (χ2n) is 7.04. The minimum absolute atomic E-state index is 0.0702. The zero-order valence-electron chi connectivity index (χ0n) is 18.3. The zero-order chi connectivity index (χ0) is 23.1. The lowest BCUT2D eigenvalue weighted by molar-refractivity contribution is -0.384. The predicted molar refractivity (Wildman–Crippen MR) is 120 cm³/mol. The van der Waals surface area contributed by atoms with Crippen LogP contribution >= 0.6 is 0 Å². The van der Waals surface area contributed by atoms with Gasteiger partial charge in [0, 0.05) is 18.7 Å². The molecule has 0 spiro atoms. The lowest BCUT2D eigenvalue weighted by atomic mass is 10.2. The van der Waals surface area contributed by atoms with E-state index in [4.69, 9.17) is 4.74 Å². The highest BCUT2D eigenvalue weighted by Gasteiger charge is 2.20. The quantitative estimate of drug-likeness (QED) is 0.381. The van der Waals surface area contributed by atoms with Gasteiger partial charge < -0.3 is 15.0 Å². The largest absolute Gasteiger partial charge is 0.490 e. The highest BCUT2D eigenvalue weighted by molar-refractivity contribution is 6.04. The summed E-state index contributed by atoms with van der Waals surface area (Å²) in [7, 11) is 0. The van der Waals surface area contributed by atoms with E-state index in [1.807, 2.05) is 6.07 Å². The molecule has 2 aromatic carbocycles. The van der Waals surface area contributed by atoms with Crippen LogP contribution in [0.25, 0.3) is 5.69 Å². The van der Waals surface area contributed by atoms with Gasteiger partial charge in [0.2, 0.25) is 0 Å². The number of ether oxygens (including phenoxy) is 1. The van der Waals surface area contributed by atoms with Crippen molar-refractivity contribution >= 4 is 17.3 Å². The lowest BCUT2D eigenvalue weighted by Gasteiger charge is -2.19. The molecule has 32 heavy (non-hydrogen) atoms. The van der Waals surface area contributed by atoms with Crippen molar-refractivity contribution in [3.8, 4) is 11.4 Å². The Balaban J connectivity index is 1.75. The molecule has 1 N–H and O–H groups in total. The summed E-state index contributed by atoms with van der Waals surface area (Å²) in [5, 5.41) is 21.9. The van der Waals surface area contributed by atoms with Gasteiger partial charge in [-0.05, 0) is 38.2 Å². The monoisotopic (exact) mass is 438 g/mol. The van der Waals surface area contributed by atoms with Gasteiger partial charge in [-0.2, -0.15) is 0 Å². The van der Waals surface area contributed by atoms with Gasteiger partial charge in [0.25, 0.3) is 11.6 Å². The minimum Gasteiger partial charge on any atom is -0.490 e. The number of hydrogen-bond acceptors (Lipinski definition) is 7. The van der Waals surface area contributed by atoms with Crippen LogP contribution in [0.4, 0.5) is 11.4 Å². The smallest absolute Gasteiger partial charge is 0.278 e. The van der Waals surface area contributed by atoms with Gasteiger partial charge in [-0.25, -0.2) is 4.68 Å². The standard InChI is InChI=1S/C22H26N6O4/c1-4-26(5-2)13-14-32-20-12-7-6-11-19(20)23-22(29)21-16(3)27(25-24-21)17-9-8-10-18(15-17)28(30)31/h6-12,15H,4-5,13-14H2,1-3H3,(H,23,29). The van der Waals surface area contributed by atoms with Crippen LogP contribution in [0.1, 0.15) is 30.0 Å². The second-order valence-corrected chi connectivity index (χ2v) is 7.04. The number of nitro benzene ring substituents is 1. The van der Waals surface area contributed by atoms with E-state index in [-0.39, 0.29) is 11.4 Å². The molecular weight excluding hydrogens is 412 g/mol. The molecule has 0 saturated heterocycles. The van der Waals surface area contributed by atoms with Crippen LogP contribution in [0.2, 0.25) is 0 Å².